The van der Waals surface area contributed by atoms with E-state index in [0.717, 1.165) is 99.2 Å². The average Bonchev–Trinajstić information content (AvgIpc) is 3.95. The van der Waals surface area contributed by atoms with E-state index in [9.17, 15) is 0 Å². The smallest absolute Gasteiger partial charge is 0.164 e. The zero-order valence-corrected chi connectivity index (χ0v) is 30.4. The van der Waals surface area contributed by atoms with Crippen molar-refractivity contribution in [1.82, 2.24) is 19.5 Å². The topological polar surface area (TPSA) is 69.9 Å². The van der Waals surface area contributed by atoms with Crippen LogP contribution in [0, 0.1) is 0 Å². The van der Waals surface area contributed by atoms with Crippen LogP contribution < -0.4 is 0 Å². The minimum absolute atomic E-state index is 0.576. The highest BCUT2D eigenvalue weighted by Gasteiger charge is 2.19. The first kappa shape index (κ1) is 31.5. The summed E-state index contributed by atoms with van der Waals surface area (Å²) < 4.78 is 15.2. The molecule has 57 heavy (non-hydrogen) atoms. The largest absolute Gasteiger partial charge is 0.456 e. The lowest BCUT2D eigenvalue weighted by molar-refractivity contribution is 0.668. The molecule has 0 saturated heterocycles. The van der Waals surface area contributed by atoms with Crippen LogP contribution in [0.4, 0.5) is 0 Å². The molecule has 4 heterocycles. The second-order valence-corrected chi connectivity index (χ2v) is 14.4. The molecule has 0 atom stereocenters. The number of furan rings is 2. The van der Waals surface area contributed by atoms with E-state index in [1.165, 1.54) is 0 Å². The molecular weight excluding hydrogens is 701 g/mol. The molecule has 266 valence electrons. The highest BCUT2D eigenvalue weighted by atomic mass is 16.3. The Hall–Kier alpha value is -7.83. The Morgan fingerprint density at radius 2 is 0.772 bits per heavy atom. The van der Waals surface area contributed by atoms with Gasteiger partial charge in [-0.15, -0.1) is 0 Å². The number of benzene rings is 8. The van der Waals surface area contributed by atoms with Gasteiger partial charge < -0.3 is 13.4 Å². The second kappa shape index (κ2) is 12.3. The number of rotatable bonds is 5. The van der Waals surface area contributed by atoms with Crippen LogP contribution in [0.25, 0.3) is 117 Å². The first-order valence-electron chi connectivity index (χ1n) is 19.0. The Bertz CT molecular complexity index is 3530. The Labute approximate surface area is 325 Å². The van der Waals surface area contributed by atoms with Gasteiger partial charge in [-0.25, -0.2) is 15.0 Å². The maximum atomic E-state index is 6.58. The van der Waals surface area contributed by atoms with E-state index < -0.39 is 0 Å². The normalized spacial score (nSPS) is 11.9. The average molecular weight is 731 g/mol. The van der Waals surface area contributed by atoms with Crippen LogP contribution in [-0.2, 0) is 0 Å². The van der Waals surface area contributed by atoms with Gasteiger partial charge in [-0.1, -0.05) is 121 Å². The van der Waals surface area contributed by atoms with Crippen LogP contribution in [0.1, 0.15) is 0 Å². The van der Waals surface area contributed by atoms with Crippen molar-refractivity contribution in [3.8, 4) is 51.0 Å². The van der Waals surface area contributed by atoms with Crippen LogP contribution in [0.2, 0.25) is 0 Å². The molecule has 6 heteroatoms. The third-order valence-electron chi connectivity index (χ3n) is 11.1. The van der Waals surface area contributed by atoms with Gasteiger partial charge in [0.05, 0.1) is 11.0 Å². The Morgan fingerprint density at radius 3 is 1.51 bits per heavy atom. The first-order chi connectivity index (χ1) is 28.2. The second-order valence-electron chi connectivity index (χ2n) is 14.4. The number of aromatic nitrogens is 4. The van der Waals surface area contributed by atoms with Crippen LogP contribution >= 0.6 is 0 Å². The van der Waals surface area contributed by atoms with Gasteiger partial charge in [0.15, 0.2) is 17.5 Å². The fraction of sp³-hybridized carbons (Fsp3) is 0. The molecule has 0 unspecified atom stereocenters. The molecular formula is C51H30N4O2. The van der Waals surface area contributed by atoms with Gasteiger partial charge in [-0.3, -0.25) is 0 Å². The van der Waals surface area contributed by atoms with Crippen molar-refractivity contribution >= 4 is 65.7 Å². The van der Waals surface area contributed by atoms with Gasteiger partial charge >= 0.3 is 0 Å². The van der Waals surface area contributed by atoms with Crippen molar-refractivity contribution in [3.63, 3.8) is 0 Å². The van der Waals surface area contributed by atoms with Gasteiger partial charge in [0, 0.05) is 60.8 Å². The molecule has 12 rings (SSSR count). The van der Waals surface area contributed by atoms with Crippen molar-refractivity contribution < 1.29 is 8.83 Å². The maximum absolute atomic E-state index is 6.58. The lowest BCUT2D eigenvalue weighted by Crippen LogP contribution is -2.00. The molecule has 4 aromatic heterocycles. The zero-order chi connectivity index (χ0) is 37.5. The molecule has 0 aliphatic carbocycles. The molecule has 0 bridgehead atoms. The van der Waals surface area contributed by atoms with Crippen LogP contribution in [0.15, 0.2) is 191 Å². The molecule has 0 radical (unpaired) electrons. The van der Waals surface area contributed by atoms with Gasteiger partial charge in [-0.05, 0) is 65.7 Å². The van der Waals surface area contributed by atoms with Crippen LogP contribution in [-0.4, -0.2) is 19.5 Å². The predicted octanol–water partition coefficient (Wildman–Crippen LogP) is 13.4. The van der Waals surface area contributed by atoms with E-state index in [0.29, 0.717) is 17.5 Å². The van der Waals surface area contributed by atoms with Gasteiger partial charge in [-0.2, -0.15) is 0 Å². The van der Waals surface area contributed by atoms with E-state index in [2.05, 4.69) is 126 Å². The Morgan fingerprint density at radius 1 is 0.298 bits per heavy atom. The van der Waals surface area contributed by atoms with E-state index in [-0.39, 0.29) is 0 Å². The molecule has 0 spiro atoms. The fourth-order valence-corrected chi connectivity index (χ4v) is 8.32. The summed E-state index contributed by atoms with van der Waals surface area (Å²) in [4.78, 5) is 15.2. The van der Waals surface area contributed by atoms with Crippen molar-refractivity contribution in [1.29, 1.82) is 0 Å². The summed E-state index contributed by atoms with van der Waals surface area (Å²) in [6, 6.07) is 62.8. The number of para-hydroxylation sites is 2. The first-order valence-corrected chi connectivity index (χ1v) is 19.0. The lowest BCUT2D eigenvalue weighted by atomic mass is 10.0. The van der Waals surface area contributed by atoms with E-state index >= 15 is 0 Å². The summed E-state index contributed by atoms with van der Waals surface area (Å²) in [5.74, 6) is 1.77. The maximum Gasteiger partial charge on any atom is 0.164 e. The van der Waals surface area contributed by atoms with Crippen LogP contribution in [0.5, 0.6) is 0 Å². The third kappa shape index (κ3) is 5.08. The number of nitrogens with zero attached hydrogens (tertiary/aromatic N) is 4. The standard InChI is InChI=1S/C51H30N4O2/c1-3-11-31(12-4-1)33-19-24-41-42-26-22-36(30-48(42)57-46(41)28-33)55-43-17-9-7-15-37(43)38-23-20-34(27-44(38)55)50-52-49(32-13-5-2-6-14-32)53-51(54-50)35-21-25-40-39-16-8-10-18-45(39)56-47(40)29-35/h1-30H. The van der Waals surface area contributed by atoms with Gasteiger partial charge in [0.1, 0.15) is 22.3 Å². The summed E-state index contributed by atoms with van der Waals surface area (Å²) in [5, 5.41) is 6.63. The lowest BCUT2D eigenvalue weighted by Gasteiger charge is -2.10. The minimum atomic E-state index is 0.576. The highest BCUT2D eigenvalue weighted by molar-refractivity contribution is 6.11. The Kier molecular flexibility index (Phi) is 6.83. The fourth-order valence-electron chi connectivity index (χ4n) is 8.32. The van der Waals surface area contributed by atoms with E-state index in [4.69, 9.17) is 23.8 Å². The predicted molar refractivity (Wildman–Crippen MR) is 230 cm³/mol. The molecule has 0 N–H and O–H groups in total. The van der Waals surface area contributed by atoms with Crippen molar-refractivity contribution in [3.05, 3.63) is 182 Å². The summed E-state index contributed by atoms with van der Waals surface area (Å²) in [7, 11) is 0. The van der Waals surface area contributed by atoms with Crippen molar-refractivity contribution in [2.24, 2.45) is 0 Å². The summed E-state index contributed by atoms with van der Waals surface area (Å²) in [5.41, 5.74) is 11.5. The number of fused-ring (bicyclic) bond motifs is 9. The quantitative estimate of drug-likeness (QED) is 0.176. The monoisotopic (exact) mass is 730 g/mol. The molecule has 0 aliphatic rings. The van der Waals surface area contributed by atoms with E-state index in [1.54, 1.807) is 0 Å². The van der Waals surface area contributed by atoms with Gasteiger partial charge in [0.25, 0.3) is 0 Å². The van der Waals surface area contributed by atoms with Crippen LogP contribution in [0.3, 0.4) is 0 Å². The molecule has 0 aliphatic heterocycles. The molecule has 0 saturated carbocycles. The van der Waals surface area contributed by atoms with Gasteiger partial charge in [0.2, 0.25) is 0 Å². The summed E-state index contributed by atoms with van der Waals surface area (Å²) in [6.45, 7) is 0. The summed E-state index contributed by atoms with van der Waals surface area (Å²) in [6.07, 6.45) is 0. The summed E-state index contributed by atoms with van der Waals surface area (Å²) >= 11 is 0. The van der Waals surface area contributed by atoms with E-state index in [1.807, 2.05) is 60.7 Å². The Balaban J connectivity index is 1.03. The number of hydrogen-bond donors (Lipinski definition) is 0. The zero-order valence-electron chi connectivity index (χ0n) is 30.4. The molecule has 6 nitrogen and oxygen atoms in total. The minimum Gasteiger partial charge on any atom is -0.456 e. The SMILES string of the molecule is c1ccc(-c2ccc3c(c2)oc2cc(-n4c5ccccc5c5ccc(-c6nc(-c7ccccc7)nc(-c7ccc8c(c7)oc7ccccc78)n6)cc54)ccc23)cc1. The van der Waals surface area contributed by atoms with Crippen molar-refractivity contribution in [2.75, 3.05) is 0 Å². The highest BCUT2D eigenvalue weighted by Crippen LogP contribution is 2.38. The molecule has 12 aromatic rings. The molecule has 0 fully saturated rings. The molecule has 0 amide bonds. The number of hydrogen-bond acceptors (Lipinski definition) is 5. The van der Waals surface area contributed by atoms with Crippen molar-refractivity contribution in [2.45, 2.75) is 0 Å². The third-order valence-corrected chi connectivity index (χ3v) is 11.1. The molecule has 8 aromatic carbocycles.